The van der Waals surface area contributed by atoms with Gasteiger partial charge in [0.1, 0.15) is 12.4 Å². The maximum atomic E-state index is 11.4. The molecule has 0 saturated carbocycles. The fraction of sp³-hybridized carbons (Fsp3) is 0.500. The molecule has 1 aromatic rings. The number of rotatable bonds is 6. The molecule has 0 aliphatic heterocycles. The van der Waals surface area contributed by atoms with Gasteiger partial charge < -0.3 is 14.2 Å². The molecule has 4 nitrogen and oxygen atoms in total. The Kier molecular flexibility index (Phi) is 6.22. The lowest BCUT2D eigenvalue weighted by Crippen LogP contribution is -2.17. The van der Waals surface area contributed by atoms with E-state index in [4.69, 9.17) is 14.2 Å². The summed E-state index contributed by atoms with van der Waals surface area (Å²) in [5, 5.41) is 0. The Bertz CT molecular complexity index is 376. The van der Waals surface area contributed by atoms with Gasteiger partial charge in [0, 0.05) is 0 Å². The van der Waals surface area contributed by atoms with E-state index in [1.807, 2.05) is 39.0 Å². The Morgan fingerprint density at radius 2 is 2.00 bits per heavy atom. The molecule has 4 heteroatoms. The molecular weight excluding hydrogens is 232 g/mol. The molecular formula is C14H20O4. The number of hydrogen-bond donors (Lipinski definition) is 0. The van der Waals surface area contributed by atoms with Crippen LogP contribution in [0.4, 0.5) is 4.79 Å². The molecule has 1 rings (SSSR count). The van der Waals surface area contributed by atoms with Gasteiger partial charge in [-0.2, -0.15) is 0 Å². The molecule has 1 unspecified atom stereocenters. The van der Waals surface area contributed by atoms with Gasteiger partial charge in [0.05, 0.1) is 12.7 Å². The van der Waals surface area contributed by atoms with E-state index in [0.29, 0.717) is 12.4 Å². The van der Waals surface area contributed by atoms with E-state index in [1.54, 1.807) is 6.07 Å². The van der Waals surface area contributed by atoms with Gasteiger partial charge in [-0.05, 0) is 31.9 Å². The first-order chi connectivity index (χ1) is 8.63. The first-order valence-corrected chi connectivity index (χ1v) is 6.15. The minimum atomic E-state index is -0.697. The van der Waals surface area contributed by atoms with Gasteiger partial charge in [0.2, 0.25) is 0 Å². The van der Waals surface area contributed by atoms with Gasteiger partial charge in [-0.1, -0.05) is 25.1 Å². The summed E-state index contributed by atoms with van der Waals surface area (Å²) in [6, 6.07) is 7.29. The van der Waals surface area contributed by atoms with Gasteiger partial charge in [0.15, 0.2) is 0 Å². The van der Waals surface area contributed by atoms with Gasteiger partial charge in [-0.25, -0.2) is 4.79 Å². The van der Waals surface area contributed by atoms with Crippen LogP contribution in [0.15, 0.2) is 24.3 Å². The lowest BCUT2D eigenvalue weighted by molar-refractivity contribution is 0.0190. The summed E-state index contributed by atoms with van der Waals surface area (Å²) in [6.07, 6.45) is 0.422. The predicted octanol–water partition coefficient (Wildman–Crippen LogP) is 3.33. The number of aryl methyl sites for hydroxylation is 1. The van der Waals surface area contributed by atoms with E-state index in [2.05, 4.69) is 0 Å². The van der Waals surface area contributed by atoms with Gasteiger partial charge in [-0.15, -0.1) is 0 Å². The van der Waals surface area contributed by atoms with Crippen molar-refractivity contribution in [3.8, 4) is 5.75 Å². The van der Waals surface area contributed by atoms with Crippen molar-refractivity contribution in [1.82, 2.24) is 0 Å². The summed E-state index contributed by atoms with van der Waals surface area (Å²) < 4.78 is 15.4. The third-order valence-electron chi connectivity index (χ3n) is 2.57. The van der Waals surface area contributed by atoms with Crippen LogP contribution in [0.25, 0.3) is 0 Å². The molecule has 0 bridgehead atoms. The van der Waals surface area contributed by atoms with Crippen molar-refractivity contribution in [3.63, 3.8) is 0 Å². The molecule has 0 aliphatic carbocycles. The SMILES string of the molecule is CCC(C)OCCOC(=O)Oc1ccccc1C. The van der Waals surface area contributed by atoms with Crippen molar-refractivity contribution in [2.75, 3.05) is 13.2 Å². The Balaban J connectivity index is 2.24. The topological polar surface area (TPSA) is 44.8 Å². The second-order valence-corrected chi connectivity index (χ2v) is 4.06. The molecule has 0 spiro atoms. The molecule has 0 aromatic heterocycles. The van der Waals surface area contributed by atoms with Crippen molar-refractivity contribution in [2.24, 2.45) is 0 Å². The Hall–Kier alpha value is -1.55. The average Bonchev–Trinajstić information content (AvgIpc) is 2.37. The van der Waals surface area contributed by atoms with Crippen LogP contribution in [0, 0.1) is 6.92 Å². The number of para-hydroxylation sites is 1. The van der Waals surface area contributed by atoms with Crippen molar-refractivity contribution in [2.45, 2.75) is 33.3 Å². The van der Waals surface area contributed by atoms with Crippen LogP contribution in [-0.4, -0.2) is 25.5 Å². The van der Waals surface area contributed by atoms with E-state index in [0.717, 1.165) is 12.0 Å². The molecule has 1 aromatic carbocycles. The molecule has 0 aliphatic rings. The van der Waals surface area contributed by atoms with Crippen LogP contribution >= 0.6 is 0 Å². The molecule has 100 valence electrons. The fourth-order valence-electron chi connectivity index (χ4n) is 1.28. The minimum Gasteiger partial charge on any atom is -0.432 e. The first-order valence-electron chi connectivity index (χ1n) is 6.15. The normalized spacial score (nSPS) is 11.9. The molecule has 0 fully saturated rings. The van der Waals surface area contributed by atoms with Crippen LogP contribution < -0.4 is 4.74 Å². The van der Waals surface area contributed by atoms with Crippen LogP contribution in [0.1, 0.15) is 25.8 Å². The van der Waals surface area contributed by atoms with Crippen molar-refractivity contribution < 1.29 is 19.0 Å². The summed E-state index contributed by atoms with van der Waals surface area (Å²) >= 11 is 0. The molecule has 0 saturated heterocycles. The van der Waals surface area contributed by atoms with Crippen LogP contribution in [0.2, 0.25) is 0 Å². The molecule has 1 atom stereocenters. The highest BCUT2D eigenvalue weighted by molar-refractivity contribution is 5.64. The summed E-state index contributed by atoms with van der Waals surface area (Å²) in [7, 11) is 0. The Morgan fingerprint density at radius 3 is 2.67 bits per heavy atom. The highest BCUT2D eigenvalue weighted by atomic mass is 16.7. The van der Waals surface area contributed by atoms with E-state index >= 15 is 0 Å². The maximum absolute atomic E-state index is 11.4. The number of carbonyl (C=O) groups is 1. The van der Waals surface area contributed by atoms with E-state index in [9.17, 15) is 4.79 Å². The smallest absolute Gasteiger partial charge is 0.432 e. The minimum absolute atomic E-state index is 0.181. The third-order valence-corrected chi connectivity index (χ3v) is 2.57. The maximum Gasteiger partial charge on any atom is 0.513 e. The van der Waals surface area contributed by atoms with Gasteiger partial charge >= 0.3 is 6.16 Å². The first kappa shape index (κ1) is 14.5. The van der Waals surface area contributed by atoms with Crippen LogP contribution in [-0.2, 0) is 9.47 Å². The van der Waals surface area contributed by atoms with Crippen LogP contribution in [0.3, 0.4) is 0 Å². The summed E-state index contributed by atoms with van der Waals surface area (Å²) in [5.41, 5.74) is 0.894. The Morgan fingerprint density at radius 1 is 1.28 bits per heavy atom. The summed E-state index contributed by atoms with van der Waals surface area (Å²) in [6.45, 7) is 6.48. The number of hydrogen-bond acceptors (Lipinski definition) is 4. The lowest BCUT2D eigenvalue weighted by Gasteiger charge is -2.11. The quantitative estimate of drug-likeness (QED) is 0.442. The number of benzene rings is 1. The van der Waals surface area contributed by atoms with Crippen molar-refractivity contribution in [3.05, 3.63) is 29.8 Å². The molecule has 0 radical (unpaired) electrons. The number of ether oxygens (including phenoxy) is 3. The lowest BCUT2D eigenvalue weighted by atomic mass is 10.2. The zero-order chi connectivity index (χ0) is 13.4. The van der Waals surface area contributed by atoms with Crippen molar-refractivity contribution in [1.29, 1.82) is 0 Å². The summed E-state index contributed by atoms with van der Waals surface area (Å²) in [4.78, 5) is 11.4. The van der Waals surface area contributed by atoms with E-state index in [1.165, 1.54) is 0 Å². The second kappa shape index (κ2) is 7.71. The predicted molar refractivity (Wildman–Crippen MR) is 68.9 cm³/mol. The largest absolute Gasteiger partial charge is 0.513 e. The highest BCUT2D eigenvalue weighted by Crippen LogP contribution is 2.16. The Labute approximate surface area is 108 Å². The van der Waals surface area contributed by atoms with E-state index < -0.39 is 6.16 Å². The van der Waals surface area contributed by atoms with E-state index in [-0.39, 0.29) is 12.7 Å². The zero-order valence-electron chi connectivity index (χ0n) is 11.1. The summed E-state index contributed by atoms with van der Waals surface area (Å²) in [5.74, 6) is 0.519. The average molecular weight is 252 g/mol. The van der Waals surface area contributed by atoms with Gasteiger partial charge in [-0.3, -0.25) is 0 Å². The highest BCUT2D eigenvalue weighted by Gasteiger charge is 2.08. The standard InChI is InChI=1S/C14H20O4/c1-4-12(3)16-9-10-17-14(15)18-13-8-6-5-7-11(13)2/h5-8,12H,4,9-10H2,1-3H3. The fourth-order valence-corrected chi connectivity index (χ4v) is 1.28. The zero-order valence-corrected chi connectivity index (χ0v) is 11.1. The number of carbonyl (C=O) groups excluding carboxylic acids is 1. The van der Waals surface area contributed by atoms with Crippen LogP contribution in [0.5, 0.6) is 5.75 Å². The molecule has 0 heterocycles. The van der Waals surface area contributed by atoms with Gasteiger partial charge in [0.25, 0.3) is 0 Å². The molecule has 18 heavy (non-hydrogen) atoms. The third kappa shape index (κ3) is 5.19. The second-order valence-electron chi connectivity index (χ2n) is 4.06. The van der Waals surface area contributed by atoms with Crippen molar-refractivity contribution >= 4 is 6.16 Å². The molecule has 0 N–H and O–H groups in total. The molecule has 0 amide bonds. The monoisotopic (exact) mass is 252 g/mol.